The summed E-state index contributed by atoms with van der Waals surface area (Å²) < 4.78 is 43.0. The minimum atomic E-state index is -4.28. The van der Waals surface area contributed by atoms with Crippen molar-refractivity contribution in [2.75, 3.05) is 51.3 Å². The molecular formula is C22H31F3N4O2. The Morgan fingerprint density at radius 1 is 1.16 bits per heavy atom. The van der Waals surface area contributed by atoms with Crippen LogP contribution in [0.5, 0.6) is 0 Å². The van der Waals surface area contributed by atoms with E-state index in [1.54, 1.807) is 4.90 Å². The van der Waals surface area contributed by atoms with Gasteiger partial charge in [0.05, 0.1) is 0 Å². The number of carbonyl (C=O) groups excluding carboxylic acids is 1. The van der Waals surface area contributed by atoms with E-state index in [4.69, 9.17) is 0 Å². The molecule has 1 aromatic heterocycles. The van der Waals surface area contributed by atoms with E-state index < -0.39 is 12.8 Å². The summed E-state index contributed by atoms with van der Waals surface area (Å²) in [5.41, 5.74) is 1.92. The molecule has 6 nitrogen and oxygen atoms in total. The van der Waals surface area contributed by atoms with E-state index in [1.165, 1.54) is 0 Å². The van der Waals surface area contributed by atoms with E-state index in [9.17, 15) is 18.0 Å². The summed E-state index contributed by atoms with van der Waals surface area (Å²) in [7, 11) is 0. The molecule has 0 unspecified atom stereocenters. The Bertz CT molecular complexity index is 858. The van der Waals surface area contributed by atoms with Crippen LogP contribution in [0.1, 0.15) is 20.3 Å². The van der Waals surface area contributed by atoms with Gasteiger partial charge in [-0.15, -0.1) is 0 Å². The van der Waals surface area contributed by atoms with Crippen molar-refractivity contribution in [1.82, 2.24) is 14.4 Å². The molecule has 2 amide bonds. The first-order valence-electron chi connectivity index (χ1n) is 10.7. The number of hydrogen-bond donors (Lipinski definition) is 1. The number of amides is 2. The molecule has 0 radical (unpaired) electrons. The zero-order chi connectivity index (χ0) is 22.4. The number of aromatic nitrogens is 1. The van der Waals surface area contributed by atoms with Gasteiger partial charge in [-0.25, -0.2) is 4.79 Å². The van der Waals surface area contributed by atoms with Crippen LogP contribution < -0.4 is 5.32 Å². The van der Waals surface area contributed by atoms with Crippen molar-refractivity contribution in [3.05, 3.63) is 30.5 Å². The van der Waals surface area contributed by atoms with Gasteiger partial charge >= 0.3 is 12.2 Å². The minimum Gasteiger partial charge on any atom is -0.372 e. The first-order valence-corrected chi connectivity index (χ1v) is 10.7. The van der Waals surface area contributed by atoms with Crippen LogP contribution in [-0.4, -0.2) is 72.5 Å². The van der Waals surface area contributed by atoms with Gasteiger partial charge in [0, 0.05) is 68.7 Å². The molecule has 3 rings (SSSR count). The quantitative estimate of drug-likeness (QED) is 0.619. The maximum atomic E-state index is 12.6. The lowest BCUT2D eigenvalue weighted by Gasteiger charge is -2.34. The third-order valence-electron chi connectivity index (χ3n) is 5.27. The molecule has 0 saturated carbocycles. The third kappa shape index (κ3) is 7.14. The van der Waals surface area contributed by atoms with Gasteiger partial charge in [0.15, 0.2) is 0 Å². The van der Waals surface area contributed by atoms with Gasteiger partial charge in [0.2, 0.25) is 0 Å². The number of nitrogens with zero attached hydrogens (tertiary/aromatic N) is 3. The van der Waals surface area contributed by atoms with Crippen LogP contribution in [0, 0.1) is 5.92 Å². The minimum absolute atomic E-state index is 0.0849. The van der Waals surface area contributed by atoms with E-state index in [2.05, 4.69) is 45.6 Å². The van der Waals surface area contributed by atoms with Crippen molar-refractivity contribution in [3.8, 4) is 0 Å². The van der Waals surface area contributed by atoms with Gasteiger partial charge < -0.3 is 19.5 Å². The summed E-state index contributed by atoms with van der Waals surface area (Å²) in [5.74, 6) is 0.557. The summed E-state index contributed by atoms with van der Waals surface area (Å²) in [5, 5.41) is 4.07. The van der Waals surface area contributed by atoms with Crippen LogP contribution in [0.15, 0.2) is 30.5 Å². The zero-order valence-electron chi connectivity index (χ0n) is 18.1. The van der Waals surface area contributed by atoms with Crippen molar-refractivity contribution in [1.29, 1.82) is 0 Å². The van der Waals surface area contributed by atoms with Crippen molar-refractivity contribution in [2.45, 2.75) is 33.0 Å². The maximum Gasteiger partial charge on any atom is 0.411 e. The molecule has 9 heteroatoms. The topological polar surface area (TPSA) is 49.7 Å². The fraction of sp³-hybridized carbons (Fsp3) is 0.591. The van der Waals surface area contributed by atoms with E-state index in [0.717, 1.165) is 23.1 Å². The molecule has 1 N–H and O–H groups in total. The Morgan fingerprint density at radius 3 is 2.58 bits per heavy atom. The van der Waals surface area contributed by atoms with Crippen molar-refractivity contribution < 1.29 is 22.7 Å². The van der Waals surface area contributed by atoms with E-state index in [1.807, 2.05) is 18.2 Å². The number of alkyl halides is 3. The van der Waals surface area contributed by atoms with Crippen LogP contribution in [0.2, 0.25) is 0 Å². The smallest absolute Gasteiger partial charge is 0.372 e. The van der Waals surface area contributed by atoms with Crippen LogP contribution in [0.4, 0.5) is 23.7 Å². The summed E-state index contributed by atoms with van der Waals surface area (Å²) in [6, 6.07) is 7.88. The predicted molar refractivity (Wildman–Crippen MR) is 115 cm³/mol. The fourth-order valence-corrected chi connectivity index (χ4v) is 3.79. The summed E-state index contributed by atoms with van der Waals surface area (Å²) in [6.07, 6.45) is -1.66. The number of fused-ring (bicyclic) bond motifs is 1. The highest BCUT2D eigenvalue weighted by molar-refractivity contribution is 5.93. The normalized spacial score (nSPS) is 15.7. The van der Waals surface area contributed by atoms with Crippen LogP contribution >= 0.6 is 0 Å². The molecule has 0 spiro atoms. The number of nitrogens with one attached hydrogen (secondary N) is 1. The fourth-order valence-electron chi connectivity index (χ4n) is 3.79. The largest absolute Gasteiger partial charge is 0.411 e. The Kier molecular flexibility index (Phi) is 7.83. The molecule has 1 saturated heterocycles. The van der Waals surface area contributed by atoms with Crippen LogP contribution in [0.3, 0.4) is 0 Å². The van der Waals surface area contributed by atoms with Gasteiger partial charge in [-0.2, -0.15) is 13.2 Å². The molecule has 1 aliphatic heterocycles. The number of benzene rings is 1. The monoisotopic (exact) mass is 440 g/mol. The predicted octanol–water partition coefficient (Wildman–Crippen LogP) is 4.42. The summed E-state index contributed by atoms with van der Waals surface area (Å²) in [6.45, 7) is 7.43. The molecule has 172 valence electrons. The van der Waals surface area contributed by atoms with Crippen LogP contribution in [-0.2, 0) is 11.3 Å². The molecule has 1 aromatic carbocycles. The second-order valence-electron chi connectivity index (χ2n) is 8.42. The highest BCUT2D eigenvalue weighted by atomic mass is 19.4. The lowest BCUT2D eigenvalue weighted by atomic mass is 10.2. The highest BCUT2D eigenvalue weighted by Crippen LogP contribution is 2.22. The maximum absolute atomic E-state index is 12.6. The molecule has 31 heavy (non-hydrogen) atoms. The molecule has 0 aliphatic carbocycles. The number of piperazine rings is 1. The number of hydrogen-bond acceptors (Lipinski definition) is 3. The molecule has 0 bridgehead atoms. The van der Waals surface area contributed by atoms with Crippen molar-refractivity contribution in [2.24, 2.45) is 5.92 Å². The van der Waals surface area contributed by atoms with Gasteiger partial charge in [-0.05, 0) is 36.6 Å². The Morgan fingerprint density at radius 2 is 1.90 bits per heavy atom. The number of carbonyl (C=O) groups is 1. The first kappa shape index (κ1) is 23.4. The van der Waals surface area contributed by atoms with Gasteiger partial charge in [-0.1, -0.05) is 13.8 Å². The third-order valence-corrected chi connectivity index (χ3v) is 5.27. The standard InChI is InChI=1S/C22H31F3N4O2/c1-17(2)15-29-8-6-18-14-19(4-5-20(18)29)26-21(30)28-11-9-27(10-12-28)7-3-13-31-16-22(23,24)25/h4-6,8,14,17H,3,7,9-13,15-16H2,1-2H3,(H,26,30). The highest BCUT2D eigenvalue weighted by Gasteiger charge is 2.27. The number of urea groups is 1. The van der Waals surface area contributed by atoms with E-state index in [-0.39, 0.29) is 12.6 Å². The van der Waals surface area contributed by atoms with E-state index >= 15 is 0 Å². The van der Waals surface area contributed by atoms with Gasteiger partial charge in [0.25, 0.3) is 0 Å². The molecular weight excluding hydrogens is 409 g/mol. The van der Waals surface area contributed by atoms with Gasteiger partial charge in [-0.3, -0.25) is 4.90 Å². The molecule has 1 fully saturated rings. The molecule has 2 aromatic rings. The number of halogens is 3. The lowest BCUT2D eigenvalue weighted by Crippen LogP contribution is -2.50. The Hall–Kier alpha value is -2.26. The lowest BCUT2D eigenvalue weighted by molar-refractivity contribution is -0.174. The second kappa shape index (κ2) is 10.4. The second-order valence-corrected chi connectivity index (χ2v) is 8.42. The summed E-state index contributed by atoms with van der Waals surface area (Å²) in [4.78, 5) is 16.5. The van der Waals surface area contributed by atoms with Crippen molar-refractivity contribution in [3.63, 3.8) is 0 Å². The van der Waals surface area contributed by atoms with E-state index in [0.29, 0.717) is 45.1 Å². The average Bonchev–Trinajstić information content (AvgIpc) is 3.08. The zero-order valence-corrected chi connectivity index (χ0v) is 18.1. The molecule has 2 heterocycles. The number of ether oxygens (including phenoxy) is 1. The molecule has 1 aliphatic rings. The van der Waals surface area contributed by atoms with Gasteiger partial charge in [0.1, 0.15) is 6.61 Å². The van der Waals surface area contributed by atoms with Crippen LogP contribution in [0.25, 0.3) is 10.9 Å². The number of anilines is 1. The molecule has 0 atom stereocenters. The number of rotatable bonds is 8. The SMILES string of the molecule is CC(C)Cn1ccc2cc(NC(=O)N3CCN(CCCOCC(F)(F)F)CC3)ccc21. The first-order chi connectivity index (χ1) is 14.7. The Labute approximate surface area is 180 Å². The Balaban J connectivity index is 1.42. The van der Waals surface area contributed by atoms with Crippen molar-refractivity contribution >= 4 is 22.6 Å². The summed E-state index contributed by atoms with van der Waals surface area (Å²) >= 11 is 0. The average molecular weight is 441 g/mol.